The molecule has 0 saturated carbocycles. The quantitative estimate of drug-likeness (QED) is 0.803. The molecule has 3 heteroatoms. The van der Waals surface area contributed by atoms with Crippen LogP contribution in [0.15, 0.2) is 30.3 Å². The lowest BCUT2D eigenvalue weighted by Crippen LogP contribution is -2.40. The summed E-state index contributed by atoms with van der Waals surface area (Å²) in [4.78, 5) is 12.1. The van der Waals surface area contributed by atoms with E-state index in [0.29, 0.717) is 6.54 Å². The molecule has 0 fully saturated rings. The van der Waals surface area contributed by atoms with Gasteiger partial charge in [-0.05, 0) is 32.8 Å². The summed E-state index contributed by atoms with van der Waals surface area (Å²) in [5.41, 5.74) is 0.521. The first kappa shape index (κ1) is 14.0. The zero-order chi connectivity index (χ0) is 12.9. The van der Waals surface area contributed by atoms with Gasteiger partial charge < -0.3 is 5.32 Å². The molecule has 0 aliphatic rings. The Morgan fingerprint density at radius 2 is 1.94 bits per heavy atom. The molecule has 1 rings (SSSR count). The molecule has 1 aromatic rings. The lowest BCUT2D eigenvalue weighted by molar-refractivity contribution is -0.125. The molecule has 1 unspecified atom stereocenters. The molecule has 0 aliphatic carbocycles. The zero-order valence-corrected chi connectivity index (χ0v) is 11.4. The Bertz CT molecular complexity index is 360. The lowest BCUT2D eigenvalue weighted by atomic mass is 9.84. The number of amides is 1. The van der Waals surface area contributed by atoms with E-state index >= 15 is 0 Å². The minimum atomic E-state index is -0.503. The van der Waals surface area contributed by atoms with Crippen LogP contribution in [0.5, 0.6) is 0 Å². The minimum absolute atomic E-state index is 0.0426. The SMILES string of the molecule is CC(Cl)CCNC(=O)C(C)(C)c1ccccc1. The molecule has 0 bridgehead atoms. The highest BCUT2D eigenvalue weighted by Gasteiger charge is 2.28. The summed E-state index contributed by atoms with van der Waals surface area (Å²) < 4.78 is 0. The highest BCUT2D eigenvalue weighted by molar-refractivity contribution is 6.20. The van der Waals surface area contributed by atoms with E-state index in [-0.39, 0.29) is 11.3 Å². The van der Waals surface area contributed by atoms with Crippen LogP contribution in [-0.2, 0) is 10.2 Å². The number of halogens is 1. The Morgan fingerprint density at radius 1 is 1.35 bits per heavy atom. The smallest absolute Gasteiger partial charge is 0.230 e. The van der Waals surface area contributed by atoms with Gasteiger partial charge in [-0.2, -0.15) is 0 Å². The van der Waals surface area contributed by atoms with Crippen molar-refractivity contribution in [3.05, 3.63) is 35.9 Å². The monoisotopic (exact) mass is 253 g/mol. The molecule has 1 N–H and O–H groups in total. The fraction of sp³-hybridized carbons (Fsp3) is 0.500. The molecule has 1 atom stereocenters. The van der Waals surface area contributed by atoms with E-state index in [2.05, 4.69) is 5.32 Å². The second-order valence-electron chi connectivity index (χ2n) is 4.82. The number of carbonyl (C=O) groups excluding carboxylic acids is 1. The summed E-state index contributed by atoms with van der Waals surface area (Å²) in [7, 11) is 0. The summed E-state index contributed by atoms with van der Waals surface area (Å²) in [5.74, 6) is 0.0426. The van der Waals surface area contributed by atoms with Gasteiger partial charge in [-0.25, -0.2) is 0 Å². The van der Waals surface area contributed by atoms with Gasteiger partial charge in [-0.15, -0.1) is 11.6 Å². The van der Waals surface area contributed by atoms with Crippen LogP contribution in [0.4, 0.5) is 0 Å². The molecule has 1 aromatic carbocycles. The first-order valence-electron chi connectivity index (χ1n) is 5.92. The second kappa shape index (κ2) is 6.06. The predicted octanol–water partition coefficient (Wildman–Crippen LogP) is 3.10. The fourth-order valence-electron chi connectivity index (χ4n) is 1.59. The number of rotatable bonds is 5. The molecule has 0 heterocycles. The van der Waals surface area contributed by atoms with Crippen molar-refractivity contribution in [1.29, 1.82) is 0 Å². The molecule has 0 radical (unpaired) electrons. The molecule has 17 heavy (non-hydrogen) atoms. The van der Waals surface area contributed by atoms with Crippen LogP contribution < -0.4 is 5.32 Å². The topological polar surface area (TPSA) is 29.1 Å². The highest BCUT2D eigenvalue weighted by atomic mass is 35.5. The van der Waals surface area contributed by atoms with E-state index < -0.39 is 5.41 Å². The standard InChI is InChI=1S/C14H20ClNO/c1-11(15)9-10-16-13(17)14(2,3)12-7-5-4-6-8-12/h4-8,11H,9-10H2,1-3H3,(H,16,17). The third-order valence-electron chi connectivity index (χ3n) is 2.89. The average Bonchev–Trinajstić information content (AvgIpc) is 2.29. The van der Waals surface area contributed by atoms with E-state index in [4.69, 9.17) is 11.6 Å². The van der Waals surface area contributed by atoms with Crippen LogP contribution in [0.2, 0.25) is 0 Å². The van der Waals surface area contributed by atoms with Gasteiger partial charge in [0.2, 0.25) is 5.91 Å². The van der Waals surface area contributed by atoms with Crippen molar-refractivity contribution in [3.8, 4) is 0 Å². The van der Waals surface area contributed by atoms with Crippen molar-refractivity contribution >= 4 is 17.5 Å². The maximum Gasteiger partial charge on any atom is 0.230 e. The Morgan fingerprint density at radius 3 is 2.47 bits per heavy atom. The molecular formula is C14H20ClNO. The summed E-state index contributed by atoms with van der Waals surface area (Å²) in [6, 6.07) is 9.80. The number of benzene rings is 1. The van der Waals surface area contributed by atoms with E-state index in [0.717, 1.165) is 12.0 Å². The van der Waals surface area contributed by atoms with Crippen LogP contribution in [0.25, 0.3) is 0 Å². The Kier molecular flexibility index (Phi) is 5.01. The third-order valence-corrected chi connectivity index (χ3v) is 3.11. The van der Waals surface area contributed by atoms with Gasteiger partial charge in [0.1, 0.15) is 0 Å². The van der Waals surface area contributed by atoms with Crippen molar-refractivity contribution in [2.45, 2.75) is 38.0 Å². The normalized spacial score (nSPS) is 13.2. The number of hydrogen-bond acceptors (Lipinski definition) is 1. The van der Waals surface area contributed by atoms with Crippen molar-refractivity contribution in [1.82, 2.24) is 5.32 Å². The van der Waals surface area contributed by atoms with Gasteiger partial charge in [0, 0.05) is 11.9 Å². The number of nitrogens with one attached hydrogen (secondary N) is 1. The number of hydrogen-bond donors (Lipinski definition) is 1. The van der Waals surface area contributed by atoms with Gasteiger partial charge in [0.15, 0.2) is 0 Å². The van der Waals surface area contributed by atoms with Crippen molar-refractivity contribution in [2.24, 2.45) is 0 Å². The zero-order valence-electron chi connectivity index (χ0n) is 10.7. The molecule has 1 amide bonds. The maximum atomic E-state index is 12.1. The Balaban J connectivity index is 2.61. The summed E-state index contributed by atoms with van der Waals surface area (Å²) in [6.07, 6.45) is 0.790. The molecule has 94 valence electrons. The van der Waals surface area contributed by atoms with Gasteiger partial charge in [0.05, 0.1) is 5.41 Å². The predicted molar refractivity (Wildman–Crippen MR) is 72.4 cm³/mol. The number of carbonyl (C=O) groups is 1. The van der Waals surface area contributed by atoms with Gasteiger partial charge in [-0.1, -0.05) is 30.3 Å². The number of alkyl halides is 1. The maximum absolute atomic E-state index is 12.1. The molecular weight excluding hydrogens is 234 g/mol. The average molecular weight is 254 g/mol. The van der Waals surface area contributed by atoms with Crippen LogP contribution in [0.1, 0.15) is 32.8 Å². The van der Waals surface area contributed by atoms with E-state index in [1.165, 1.54) is 0 Å². The van der Waals surface area contributed by atoms with Crippen LogP contribution in [-0.4, -0.2) is 17.8 Å². The van der Waals surface area contributed by atoms with E-state index in [1.807, 2.05) is 51.1 Å². The molecule has 0 spiro atoms. The first-order chi connectivity index (χ1) is 7.94. The van der Waals surface area contributed by atoms with Crippen molar-refractivity contribution < 1.29 is 4.79 Å². The van der Waals surface area contributed by atoms with Crippen LogP contribution in [0.3, 0.4) is 0 Å². The third kappa shape index (κ3) is 4.04. The first-order valence-corrected chi connectivity index (χ1v) is 6.36. The van der Waals surface area contributed by atoms with E-state index in [1.54, 1.807) is 0 Å². The van der Waals surface area contributed by atoms with Crippen LogP contribution in [0, 0.1) is 0 Å². The lowest BCUT2D eigenvalue weighted by Gasteiger charge is -2.24. The Labute approximate surface area is 108 Å². The Hall–Kier alpha value is -1.02. The molecule has 0 aliphatic heterocycles. The van der Waals surface area contributed by atoms with Gasteiger partial charge in [0.25, 0.3) is 0 Å². The summed E-state index contributed by atoms with van der Waals surface area (Å²) >= 11 is 5.84. The highest BCUT2D eigenvalue weighted by Crippen LogP contribution is 2.22. The largest absolute Gasteiger partial charge is 0.355 e. The summed E-state index contributed by atoms with van der Waals surface area (Å²) in [5, 5.41) is 3.02. The van der Waals surface area contributed by atoms with Crippen molar-refractivity contribution in [2.75, 3.05) is 6.54 Å². The summed E-state index contributed by atoms with van der Waals surface area (Å²) in [6.45, 7) is 6.42. The molecule has 2 nitrogen and oxygen atoms in total. The van der Waals surface area contributed by atoms with Gasteiger partial charge in [-0.3, -0.25) is 4.79 Å². The van der Waals surface area contributed by atoms with Crippen LogP contribution >= 0.6 is 11.6 Å². The molecule has 0 saturated heterocycles. The van der Waals surface area contributed by atoms with Gasteiger partial charge >= 0.3 is 0 Å². The minimum Gasteiger partial charge on any atom is -0.355 e. The fourth-order valence-corrected chi connectivity index (χ4v) is 1.70. The van der Waals surface area contributed by atoms with E-state index in [9.17, 15) is 4.79 Å². The second-order valence-corrected chi connectivity index (χ2v) is 5.56. The molecule has 0 aromatic heterocycles. The van der Waals surface area contributed by atoms with Crippen molar-refractivity contribution in [3.63, 3.8) is 0 Å².